The minimum atomic E-state index is 0.360. The molecule has 0 bridgehead atoms. The lowest BCUT2D eigenvalue weighted by atomic mass is 10.1. The van der Waals surface area contributed by atoms with Gasteiger partial charge < -0.3 is 15.2 Å². The summed E-state index contributed by atoms with van der Waals surface area (Å²) in [7, 11) is 3.22. The van der Waals surface area contributed by atoms with E-state index in [2.05, 4.69) is 10.2 Å². The Balaban J connectivity index is 2.60. The van der Waals surface area contributed by atoms with E-state index < -0.39 is 0 Å². The Morgan fingerprint density at radius 1 is 1.06 bits per heavy atom. The molecule has 0 saturated carbocycles. The molecule has 1 heterocycles. The van der Waals surface area contributed by atoms with Gasteiger partial charge in [0.05, 0.1) is 20.4 Å². The Morgan fingerprint density at radius 2 is 1.88 bits per heavy atom. The number of rotatable bonds is 3. The summed E-state index contributed by atoms with van der Waals surface area (Å²) in [6, 6.07) is 7.30. The average Bonchev–Trinajstić information content (AvgIpc) is 2.38. The summed E-state index contributed by atoms with van der Waals surface area (Å²) in [6.45, 7) is 0. The summed E-state index contributed by atoms with van der Waals surface area (Å²) >= 11 is 0. The van der Waals surface area contributed by atoms with Crippen LogP contribution in [0.1, 0.15) is 0 Å². The van der Waals surface area contributed by atoms with Crippen molar-refractivity contribution in [1.29, 1.82) is 0 Å². The van der Waals surface area contributed by atoms with Crippen molar-refractivity contribution in [3.63, 3.8) is 0 Å². The van der Waals surface area contributed by atoms with Crippen LogP contribution in [-0.4, -0.2) is 24.4 Å². The standard InChI is InChI=1S/C12H13N3O2/c1-16-8-3-4-11(17-2)10(7-8)9-5-6-14-15-12(9)13/h3-7H,1-2H3,(H2,13,15). The van der Waals surface area contributed by atoms with Crippen LogP contribution in [0.4, 0.5) is 5.82 Å². The second-order valence-electron chi connectivity index (χ2n) is 3.40. The van der Waals surface area contributed by atoms with Crippen LogP contribution in [0.25, 0.3) is 11.1 Å². The third-order valence-electron chi connectivity index (χ3n) is 2.45. The Morgan fingerprint density at radius 3 is 2.53 bits per heavy atom. The highest BCUT2D eigenvalue weighted by Gasteiger charge is 2.11. The molecule has 0 aliphatic heterocycles. The van der Waals surface area contributed by atoms with Gasteiger partial charge in [-0.25, -0.2) is 0 Å². The average molecular weight is 231 g/mol. The van der Waals surface area contributed by atoms with Gasteiger partial charge >= 0.3 is 0 Å². The first-order valence-electron chi connectivity index (χ1n) is 5.06. The van der Waals surface area contributed by atoms with Gasteiger partial charge in [0.25, 0.3) is 0 Å². The zero-order valence-corrected chi connectivity index (χ0v) is 9.68. The van der Waals surface area contributed by atoms with Crippen LogP contribution >= 0.6 is 0 Å². The van der Waals surface area contributed by atoms with Crippen LogP contribution in [0, 0.1) is 0 Å². The minimum absolute atomic E-state index is 0.360. The topological polar surface area (TPSA) is 70.3 Å². The summed E-state index contributed by atoms with van der Waals surface area (Å²) in [5.41, 5.74) is 7.40. The molecule has 17 heavy (non-hydrogen) atoms. The van der Waals surface area contributed by atoms with E-state index >= 15 is 0 Å². The third kappa shape index (κ3) is 2.13. The van der Waals surface area contributed by atoms with E-state index in [0.29, 0.717) is 11.6 Å². The van der Waals surface area contributed by atoms with Crippen LogP contribution in [0.3, 0.4) is 0 Å². The quantitative estimate of drug-likeness (QED) is 0.871. The minimum Gasteiger partial charge on any atom is -0.497 e. The van der Waals surface area contributed by atoms with Gasteiger partial charge in [-0.1, -0.05) is 0 Å². The second kappa shape index (κ2) is 4.69. The number of methoxy groups -OCH3 is 2. The van der Waals surface area contributed by atoms with Crippen molar-refractivity contribution in [2.75, 3.05) is 20.0 Å². The molecule has 0 amide bonds. The van der Waals surface area contributed by atoms with Gasteiger partial charge in [-0.05, 0) is 24.3 Å². The molecule has 1 aromatic carbocycles. The Kier molecular flexibility index (Phi) is 3.09. The molecule has 0 fully saturated rings. The van der Waals surface area contributed by atoms with E-state index in [-0.39, 0.29) is 0 Å². The van der Waals surface area contributed by atoms with E-state index in [4.69, 9.17) is 15.2 Å². The summed E-state index contributed by atoms with van der Waals surface area (Å²) in [5, 5.41) is 7.54. The fourth-order valence-corrected chi connectivity index (χ4v) is 1.59. The normalized spacial score (nSPS) is 10.0. The molecule has 2 rings (SSSR count). The van der Waals surface area contributed by atoms with Crippen LogP contribution in [0.15, 0.2) is 30.5 Å². The molecule has 1 aromatic heterocycles. The molecule has 0 aliphatic carbocycles. The molecule has 2 N–H and O–H groups in total. The van der Waals surface area contributed by atoms with E-state index in [1.807, 2.05) is 18.2 Å². The van der Waals surface area contributed by atoms with E-state index in [0.717, 1.165) is 16.9 Å². The van der Waals surface area contributed by atoms with E-state index in [9.17, 15) is 0 Å². The van der Waals surface area contributed by atoms with Crippen LogP contribution in [0.2, 0.25) is 0 Å². The lowest BCUT2D eigenvalue weighted by Crippen LogP contribution is -1.97. The number of nitrogen functional groups attached to an aromatic ring is 1. The number of benzene rings is 1. The molecule has 0 aliphatic rings. The Bertz CT molecular complexity index is 529. The predicted octanol–water partition coefficient (Wildman–Crippen LogP) is 1.74. The number of nitrogens with two attached hydrogens (primary N) is 1. The summed E-state index contributed by atoms with van der Waals surface area (Å²) < 4.78 is 10.5. The van der Waals surface area contributed by atoms with Crippen molar-refractivity contribution >= 4 is 5.82 Å². The number of hydrogen-bond acceptors (Lipinski definition) is 5. The SMILES string of the molecule is COc1ccc(OC)c(-c2ccnnc2N)c1. The maximum Gasteiger partial charge on any atom is 0.154 e. The maximum absolute atomic E-state index is 5.80. The number of nitrogens with zero attached hydrogens (tertiary/aromatic N) is 2. The largest absolute Gasteiger partial charge is 0.497 e. The molecule has 0 spiro atoms. The fraction of sp³-hybridized carbons (Fsp3) is 0.167. The van der Waals surface area contributed by atoms with Crippen LogP contribution < -0.4 is 15.2 Å². The smallest absolute Gasteiger partial charge is 0.154 e. The number of hydrogen-bond donors (Lipinski definition) is 1. The van der Waals surface area contributed by atoms with Gasteiger partial charge in [0, 0.05) is 11.1 Å². The first-order chi connectivity index (χ1) is 8.26. The molecule has 0 radical (unpaired) electrons. The highest BCUT2D eigenvalue weighted by atomic mass is 16.5. The molecule has 5 nitrogen and oxygen atoms in total. The van der Waals surface area contributed by atoms with Crippen LogP contribution in [-0.2, 0) is 0 Å². The first kappa shape index (κ1) is 11.2. The second-order valence-corrected chi connectivity index (χ2v) is 3.40. The zero-order chi connectivity index (χ0) is 12.3. The molecule has 0 saturated heterocycles. The molecule has 2 aromatic rings. The molecule has 0 unspecified atom stereocenters. The lowest BCUT2D eigenvalue weighted by Gasteiger charge is -2.11. The highest BCUT2D eigenvalue weighted by Crippen LogP contribution is 2.35. The van der Waals surface area contributed by atoms with Crippen LogP contribution in [0.5, 0.6) is 11.5 Å². The summed E-state index contributed by atoms with van der Waals surface area (Å²) in [6.07, 6.45) is 1.59. The molecular formula is C12H13N3O2. The first-order valence-corrected chi connectivity index (χ1v) is 5.06. The van der Waals surface area contributed by atoms with Gasteiger partial charge in [-0.15, -0.1) is 5.10 Å². The van der Waals surface area contributed by atoms with Crippen molar-refractivity contribution in [3.05, 3.63) is 30.5 Å². The molecule has 88 valence electrons. The predicted molar refractivity (Wildman–Crippen MR) is 65.0 cm³/mol. The Hall–Kier alpha value is -2.30. The number of ether oxygens (including phenoxy) is 2. The third-order valence-corrected chi connectivity index (χ3v) is 2.45. The zero-order valence-electron chi connectivity index (χ0n) is 9.68. The summed E-state index contributed by atoms with van der Waals surface area (Å²) in [5.74, 6) is 1.81. The van der Waals surface area contributed by atoms with Crippen molar-refractivity contribution in [2.24, 2.45) is 0 Å². The van der Waals surface area contributed by atoms with Gasteiger partial charge in [-0.3, -0.25) is 0 Å². The molecule has 0 atom stereocenters. The van der Waals surface area contributed by atoms with Gasteiger partial charge in [0.1, 0.15) is 11.5 Å². The highest BCUT2D eigenvalue weighted by molar-refractivity contribution is 5.78. The Labute approximate surface area is 99.2 Å². The summed E-state index contributed by atoms with van der Waals surface area (Å²) in [4.78, 5) is 0. The molecular weight excluding hydrogens is 218 g/mol. The number of aromatic nitrogens is 2. The lowest BCUT2D eigenvalue weighted by molar-refractivity contribution is 0.404. The van der Waals surface area contributed by atoms with Crippen molar-refractivity contribution in [2.45, 2.75) is 0 Å². The van der Waals surface area contributed by atoms with Gasteiger partial charge in [0.15, 0.2) is 5.82 Å². The van der Waals surface area contributed by atoms with Gasteiger partial charge in [0.2, 0.25) is 0 Å². The van der Waals surface area contributed by atoms with Crippen molar-refractivity contribution in [1.82, 2.24) is 10.2 Å². The van der Waals surface area contributed by atoms with Crippen molar-refractivity contribution in [3.8, 4) is 22.6 Å². The van der Waals surface area contributed by atoms with E-state index in [1.165, 1.54) is 0 Å². The van der Waals surface area contributed by atoms with Gasteiger partial charge in [-0.2, -0.15) is 5.10 Å². The van der Waals surface area contributed by atoms with Crippen molar-refractivity contribution < 1.29 is 9.47 Å². The fourth-order valence-electron chi connectivity index (χ4n) is 1.59. The number of anilines is 1. The van der Waals surface area contributed by atoms with E-state index in [1.54, 1.807) is 26.5 Å². The monoisotopic (exact) mass is 231 g/mol. The molecule has 5 heteroatoms. The maximum atomic E-state index is 5.80.